The molecule has 11 heteroatoms. The van der Waals surface area contributed by atoms with Crippen LogP contribution < -0.4 is 42.5 Å². The van der Waals surface area contributed by atoms with E-state index in [1.807, 2.05) is 0 Å². The number of rotatable bonds is 0. The zero-order valence-corrected chi connectivity index (χ0v) is 32.1. The van der Waals surface area contributed by atoms with E-state index in [1.165, 1.54) is 110 Å². The Labute approximate surface area is 281 Å². The van der Waals surface area contributed by atoms with Crippen molar-refractivity contribution in [1.29, 1.82) is 0 Å². The van der Waals surface area contributed by atoms with Crippen LogP contribution in [0, 0.1) is 47.3 Å². The van der Waals surface area contributed by atoms with E-state index in [-0.39, 0.29) is 24.9 Å². The van der Waals surface area contributed by atoms with Crippen LogP contribution in [0.4, 0.5) is 0 Å². The van der Waals surface area contributed by atoms with Crippen molar-refractivity contribution >= 4 is 24.9 Å². The van der Waals surface area contributed by atoms with Crippen molar-refractivity contribution in [3.05, 3.63) is 0 Å². The quantitative estimate of drug-likeness (QED) is 0.179. The Bertz CT molecular complexity index is 832. The van der Waals surface area contributed by atoms with Crippen molar-refractivity contribution in [2.24, 2.45) is 47.3 Å². The van der Waals surface area contributed by atoms with E-state index in [4.69, 9.17) is 0 Å². The zero-order valence-electron chi connectivity index (χ0n) is 27.9. The van der Waals surface area contributed by atoms with Gasteiger partial charge in [0.1, 0.15) is 0 Å². The number of fused-ring (bicyclic) bond motifs is 20. The average Bonchev–Trinajstić information content (AvgIpc) is 3.81. The van der Waals surface area contributed by atoms with Crippen LogP contribution >= 0.6 is 0 Å². The summed E-state index contributed by atoms with van der Waals surface area (Å²) >= 11 is 0.235. The molecule has 5 heterocycles. The van der Waals surface area contributed by atoms with Gasteiger partial charge < -0.3 is 0 Å². The topological polar surface area (TPSA) is 123 Å². The Hall–Kier alpha value is -0.214. The van der Waals surface area contributed by atoms with Crippen molar-refractivity contribution in [1.82, 2.24) is 42.5 Å². The van der Waals surface area contributed by atoms with E-state index in [9.17, 15) is 4.79 Å². The molecule has 0 aromatic heterocycles. The number of nitrogens with one attached hydrogen (secondary N) is 8. The Kier molecular flexibility index (Phi) is 9.93. The SMILES string of the molecule is C1CCC2C3NC(NC4NC(NC5NC(NC6NC(N3)C3CCCCC63)C3CCCCC53)C3CCCCC43)C2C1.CC(=O)[O][GaH2]. The van der Waals surface area contributed by atoms with Crippen LogP contribution in [-0.4, -0.2) is 74.3 Å². The van der Waals surface area contributed by atoms with Crippen molar-refractivity contribution in [2.75, 3.05) is 0 Å². The van der Waals surface area contributed by atoms with Gasteiger partial charge in [0.2, 0.25) is 0 Å². The molecule has 5 saturated heterocycles. The van der Waals surface area contributed by atoms with Crippen LogP contribution in [0.25, 0.3) is 0 Å². The summed E-state index contributed by atoms with van der Waals surface area (Å²) in [6.07, 6.45) is 25.6. The number of hydrogen-bond donors (Lipinski definition) is 8. The molecule has 0 aromatic rings. The van der Waals surface area contributed by atoms with Gasteiger partial charge in [-0.05, 0) is 98.7 Å². The van der Waals surface area contributed by atoms with Gasteiger partial charge in [0, 0.05) is 0 Å². The molecule has 8 unspecified atom stereocenters. The fraction of sp³-hybridized carbons (Fsp3) is 0.971. The van der Waals surface area contributed by atoms with E-state index in [1.54, 1.807) is 0 Å². The molecule has 0 amide bonds. The summed E-state index contributed by atoms with van der Waals surface area (Å²) in [5.74, 6) is 5.81. The first-order valence-corrected chi connectivity index (χ1v) is 20.9. The first-order chi connectivity index (χ1) is 22.1. The molecule has 45 heavy (non-hydrogen) atoms. The molecule has 5 aliphatic heterocycles. The maximum atomic E-state index is 9.64. The fourth-order valence-electron chi connectivity index (χ4n) is 12.0. The van der Waals surface area contributed by atoms with Crippen LogP contribution in [0.3, 0.4) is 0 Å². The summed E-state index contributed by atoms with van der Waals surface area (Å²) in [7, 11) is 0. The first kappa shape index (κ1) is 32.0. The first-order valence-electron chi connectivity index (χ1n) is 19.2. The molecule has 8 atom stereocenters. The average molecular weight is 684 g/mol. The second-order valence-corrected chi connectivity index (χ2v) is 17.2. The molecule has 4 aliphatic carbocycles. The predicted octanol–water partition coefficient (Wildman–Crippen LogP) is 1.70. The van der Waals surface area contributed by atoms with E-state index >= 15 is 0 Å². The molecule has 0 spiro atoms. The summed E-state index contributed by atoms with van der Waals surface area (Å²) in [5.41, 5.74) is 0. The van der Waals surface area contributed by atoms with Gasteiger partial charge in [-0.1, -0.05) is 51.4 Å². The summed E-state index contributed by atoms with van der Waals surface area (Å²) in [6.45, 7) is 1.41. The van der Waals surface area contributed by atoms with Gasteiger partial charge in [0.15, 0.2) is 0 Å². The van der Waals surface area contributed by atoms with Gasteiger partial charge >= 0.3 is 40.2 Å². The fourth-order valence-corrected chi connectivity index (χ4v) is 12.0. The van der Waals surface area contributed by atoms with Crippen LogP contribution in [0.5, 0.6) is 0 Å². The Morgan fingerprint density at radius 3 is 0.644 bits per heavy atom. The van der Waals surface area contributed by atoms with E-state index in [0.717, 1.165) is 47.3 Å². The monoisotopic (exact) mass is 682 g/mol. The van der Waals surface area contributed by atoms with Gasteiger partial charge in [-0.25, -0.2) is 0 Å². The molecule has 9 aliphatic rings. The minimum atomic E-state index is -0.162. The van der Waals surface area contributed by atoms with Crippen LogP contribution in [0.15, 0.2) is 0 Å². The van der Waals surface area contributed by atoms with Gasteiger partial charge in [-0.15, -0.1) is 0 Å². The third-order valence-electron chi connectivity index (χ3n) is 14.1. The molecule has 0 aromatic carbocycles. The summed E-state index contributed by atoms with van der Waals surface area (Å²) < 4.78 is 4.30. The van der Waals surface area contributed by atoms with Crippen LogP contribution in [-0.2, 0) is 8.32 Å². The normalized spacial score (nSPS) is 51.9. The Morgan fingerprint density at radius 2 is 0.533 bits per heavy atom. The molecule has 8 bridgehead atoms. The van der Waals surface area contributed by atoms with Crippen molar-refractivity contribution in [3.63, 3.8) is 0 Å². The van der Waals surface area contributed by atoms with Gasteiger partial charge in [0.25, 0.3) is 0 Å². The van der Waals surface area contributed by atoms with Crippen molar-refractivity contribution in [2.45, 2.75) is 159 Å². The van der Waals surface area contributed by atoms with Crippen LogP contribution in [0.1, 0.15) is 110 Å². The molecule has 9 rings (SSSR count). The Balaban J connectivity index is 0.000000560. The van der Waals surface area contributed by atoms with Gasteiger partial charge in [-0.2, -0.15) is 0 Å². The minimum absolute atomic E-state index is 0.162. The zero-order chi connectivity index (χ0) is 30.5. The second kappa shape index (κ2) is 14.0. The third kappa shape index (κ3) is 6.34. The molecule has 0 radical (unpaired) electrons. The number of hydrogen-bond acceptors (Lipinski definition) is 10. The van der Waals surface area contributed by atoms with E-state index in [2.05, 4.69) is 46.1 Å². The van der Waals surface area contributed by atoms with E-state index < -0.39 is 0 Å². The number of carbonyl (C=O) groups is 1. The molecule has 252 valence electrons. The molecule has 8 N–H and O–H groups in total. The maximum absolute atomic E-state index is 9.64. The summed E-state index contributed by atoms with van der Waals surface area (Å²) in [5, 5.41) is 33.8. The molecule has 4 saturated carbocycles. The van der Waals surface area contributed by atoms with Gasteiger partial charge in [0.05, 0.1) is 49.3 Å². The van der Waals surface area contributed by atoms with Gasteiger partial charge in [-0.3, -0.25) is 42.5 Å². The standard InChI is InChI=1S/C32H56N8.C2H4O2.Ga.2H/c1-2-10-18-17(9-1)25-33-26(18)38-28-21-13-5-6-14-22(21)30(35-28)40-32-24-16-8-7-15-23(24)31(36-32)39-29-20-12-4-3-11-19(20)27(34-29)37-25;1-2(3)4;;;/h17-40H,1-16H2;1H3,(H,3,4);;;/q;;+1;;/p-1. The Morgan fingerprint density at radius 1 is 0.400 bits per heavy atom. The van der Waals surface area contributed by atoms with Crippen molar-refractivity contribution in [3.8, 4) is 0 Å². The van der Waals surface area contributed by atoms with Crippen LogP contribution in [0.2, 0.25) is 0 Å². The number of carbonyl (C=O) groups excluding carboxylic acids is 1. The third-order valence-corrected chi connectivity index (χ3v) is 15.3. The van der Waals surface area contributed by atoms with Crippen molar-refractivity contribution < 1.29 is 8.32 Å². The predicted molar refractivity (Wildman–Crippen MR) is 177 cm³/mol. The molecule has 9 fully saturated rings. The molecule has 10 nitrogen and oxygen atoms in total. The molecular formula is C34H61GaN8O2. The summed E-state index contributed by atoms with van der Waals surface area (Å²) in [4.78, 5) is 9.64. The van der Waals surface area contributed by atoms with E-state index in [0.29, 0.717) is 49.3 Å². The second-order valence-electron chi connectivity index (χ2n) is 16.3. The summed E-state index contributed by atoms with van der Waals surface area (Å²) in [6, 6.07) is 0. The molecular weight excluding hydrogens is 622 g/mol.